The van der Waals surface area contributed by atoms with E-state index in [0.29, 0.717) is 25.2 Å². The van der Waals surface area contributed by atoms with Crippen LogP contribution in [0, 0.1) is 11.3 Å². The summed E-state index contributed by atoms with van der Waals surface area (Å²) in [6.45, 7) is 3.42. The van der Waals surface area contributed by atoms with E-state index in [1.165, 1.54) is 5.56 Å². The summed E-state index contributed by atoms with van der Waals surface area (Å²) in [6, 6.07) is 18.0. The number of benzene rings is 2. The second kappa shape index (κ2) is 9.15. The maximum atomic E-state index is 13.3. The van der Waals surface area contributed by atoms with Gasteiger partial charge in [0.1, 0.15) is 0 Å². The third kappa shape index (κ3) is 4.05. The van der Waals surface area contributed by atoms with Crippen LogP contribution in [0.4, 0.5) is 0 Å². The normalized spacial score (nSPS) is 25.9. The van der Waals surface area contributed by atoms with Crippen LogP contribution in [-0.4, -0.2) is 55.3 Å². The molecule has 2 atom stereocenters. The summed E-state index contributed by atoms with van der Waals surface area (Å²) in [6.07, 6.45) is 4.73. The fourth-order valence-corrected chi connectivity index (χ4v) is 6.85. The Morgan fingerprint density at radius 2 is 1.64 bits per heavy atom. The molecule has 2 aromatic rings. The van der Waals surface area contributed by atoms with Crippen LogP contribution < -0.4 is 5.32 Å². The van der Waals surface area contributed by atoms with Crippen LogP contribution in [0.3, 0.4) is 0 Å². The first kappa shape index (κ1) is 23.4. The van der Waals surface area contributed by atoms with Crippen molar-refractivity contribution in [3.8, 4) is 0 Å². The number of likely N-dealkylation sites (tertiary alicyclic amines) is 1. The second-order valence-electron chi connectivity index (χ2n) is 11.2. The number of Topliss-reactive ketones (excluding diaryl/α,β-unsaturated/α-hetero) is 1. The van der Waals surface area contributed by atoms with E-state index >= 15 is 0 Å². The lowest BCUT2D eigenvalue weighted by Crippen LogP contribution is -2.46. The molecule has 0 aromatic heterocycles. The topological polar surface area (TPSA) is 75.7 Å². The number of ketones is 1. The summed E-state index contributed by atoms with van der Waals surface area (Å²) in [5.74, 6) is -0.0268. The van der Waals surface area contributed by atoms with Crippen molar-refractivity contribution in [2.75, 3.05) is 32.8 Å². The number of carbonyl (C=O) groups is 3. The highest BCUT2D eigenvalue weighted by Crippen LogP contribution is 2.59. The first-order valence-electron chi connectivity index (χ1n) is 13.3. The van der Waals surface area contributed by atoms with Gasteiger partial charge in [-0.2, -0.15) is 0 Å². The van der Waals surface area contributed by atoms with Gasteiger partial charge in [0.05, 0.1) is 5.92 Å². The number of hydrogen-bond acceptors (Lipinski definition) is 4. The zero-order valence-electron chi connectivity index (χ0n) is 20.7. The third-order valence-electron chi connectivity index (χ3n) is 9.34. The molecule has 2 aliphatic heterocycles. The number of amides is 2. The van der Waals surface area contributed by atoms with Crippen molar-refractivity contribution in [2.24, 2.45) is 11.3 Å². The number of nitrogens with one attached hydrogen (secondary N) is 1. The molecule has 4 aliphatic rings. The molecule has 36 heavy (non-hydrogen) atoms. The van der Waals surface area contributed by atoms with Crippen LogP contribution in [0.5, 0.6) is 0 Å². The first-order chi connectivity index (χ1) is 17.5. The summed E-state index contributed by atoms with van der Waals surface area (Å²) in [5, 5.41) is 3.31. The van der Waals surface area contributed by atoms with Crippen LogP contribution in [0.15, 0.2) is 54.6 Å². The predicted octanol–water partition coefficient (Wildman–Crippen LogP) is 3.85. The van der Waals surface area contributed by atoms with Crippen LogP contribution in [-0.2, 0) is 19.7 Å². The van der Waals surface area contributed by atoms with Crippen molar-refractivity contribution >= 4 is 17.6 Å². The van der Waals surface area contributed by atoms with Gasteiger partial charge in [0, 0.05) is 56.2 Å². The van der Waals surface area contributed by atoms with Crippen molar-refractivity contribution < 1.29 is 19.1 Å². The molecule has 2 aromatic carbocycles. The van der Waals surface area contributed by atoms with Gasteiger partial charge in [0.2, 0.25) is 11.8 Å². The Morgan fingerprint density at radius 1 is 0.944 bits per heavy atom. The first-order valence-corrected chi connectivity index (χ1v) is 13.3. The smallest absolute Gasteiger partial charge is 0.230 e. The Balaban J connectivity index is 1.05. The van der Waals surface area contributed by atoms with Crippen LogP contribution in [0.25, 0.3) is 0 Å². The Morgan fingerprint density at radius 3 is 2.39 bits per heavy atom. The van der Waals surface area contributed by atoms with Crippen molar-refractivity contribution in [3.05, 3.63) is 71.3 Å². The van der Waals surface area contributed by atoms with Crippen molar-refractivity contribution in [3.63, 3.8) is 0 Å². The number of piperidine rings is 1. The maximum absolute atomic E-state index is 13.3. The fourth-order valence-electron chi connectivity index (χ4n) is 6.85. The molecular weight excluding hydrogens is 452 g/mol. The molecule has 2 amide bonds. The number of ether oxygens (including phenoxy) is 1. The SMILES string of the molecule is O=C1CC(C(=O)N2CCC3(CC2)CC3C(=O)NCC2(c3ccccc3)CCOCC2)c2ccccc21. The number of carbonyl (C=O) groups excluding carboxylic acids is 3. The van der Waals surface area contributed by atoms with Gasteiger partial charge >= 0.3 is 0 Å². The van der Waals surface area contributed by atoms with E-state index in [2.05, 4.69) is 29.6 Å². The van der Waals surface area contributed by atoms with E-state index in [0.717, 1.165) is 50.9 Å². The van der Waals surface area contributed by atoms with E-state index in [4.69, 9.17) is 4.74 Å². The molecule has 6 rings (SSSR count). The number of hydrogen-bond donors (Lipinski definition) is 1. The van der Waals surface area contributed by atoms with Crippen LogP contribution in [0.2, 0.25) is 0 Å². The molecule has 1 spiro atoms. The molecule has 1 N–H and O–H groups in total. The molecule has 0 radical (unpaired) electrons. The average molecular weight is 487 g/mol. The molecule has 1 saturated carbocycles. The molecule has 2 aliphatic carbocycles. The minimum Gasteiger partial charge on any atom is -0.381 e. The Labute approximate surface area is 212 Å². The van der Waals surface area contributed by atoms with E-state index < -0.39 is 0 Å². The molecular formula is C30H34N2O4. The summed E-state index contributed by atoms with van der Waals surface area (Å²) < 4.78 is 5.63. The van der Waals surface area contributed by atoms with Gasteiger partial charge in [-0.1, -0.05) is 54.6 Å². The third-order valence-corrected chi connectivity index (χ3v) is 9.34. The maximum Gasteiger partial charge on any atom is 0.230 e. The molecule has 188 valence electrons. The summed E-state index contributed by atoms with van der Waals surface area (Å²) >= 11 is 0. The average Bonchev–Trinajstić information content (AvgIpc) is 3.53. The van der Waals surface area contributed by atoms with Gasteiger partial charge in [-0.3, -0.25) is 14.4 Å². The minimum absolute atomic E-state index is 0.0276. The van der Waals surface area contributed by atoms with Crippen molar-refractivity contribution in [1.82, 2.24) is 10.2 Å². The summed E-state index contributed by atoms with van der Waals surface area (Å²) in [4.78, 5) is 40.8. The van der Waals surface area contributed by atoms with Crippen LogP contribution in [0.1, 0.15) is 65.9 Å². The van der Waals surface area contributed by atoms with E-state index in [1.807, 2.05) is 35.2 Å². The van der Waals surface area contributed by atoms with E-state index in [-0.39, 0.29) is 46.7 Å². The van der Waals surface area contributed by atoms with E-state index in [1.54, 1.807) is 0 Å². The lowest BCUT2D eigenvalue weighted by atomic mass is 9.74. The summed E-state index contributed by atoms with van der Waals surface area (Å²) in [5.41, 5.74) is 2.80. The predicted molar refractivity (Wildman–Crippen MR) is 136 cm³/mol. The zero-order valence-corrected chi connectivity index (χ0v) is 20.7. The van der Waals surface area contributed by atoms with Gasteiger partial charge in [-0.05, 0) is 48.6 Å². The highest BCUT2D eigenvalue weighted by atomic mass is 16.5. The molecule has 6 nitrogen and oxygen atoms in total. The number of rotatable bonds is 5. The van der Waals surface area contributed by atoms with Gasteiger partial charge in [-0.15, -0.1) is 0 Å². The highest BCUT2D eigenvalue weighted by Gasteiger charge is 2.59. The lowest BCUT2D eigenvalue weighted by molar-refractivity contribution is -0.134. The number of nitrogens with zero attached hydrogens (tertiary/aromatic N) is 1. The molecule has 3 fully saturated rings. The van der Waals surface area contributed by atoms with Gasteiger partial charge in [0.15, 0.2) is 5.78 Å². The molecule has 2 heterocycles. The van der Waals surface area contributed by atoms with Gasteiger partial charge in [-0.25, -0.2) is 0 Å². The highest BCUT2D eigenvalue weighted by molar-refractivity contribution is 6.06. The molecule has 0 bridgehead atoms. The monoisotopic (exact) mass is 486 g/mol. The Hall–Kier alpha value is -2.99. The Kier molecular flexibility index (Phi) is 5.95. The zero-order chi connectivity index (χ0) is 24.8. The Bertz CT molecular complexity index is 1160. The minimum atomic E-state index is -0.352. The summed E-state index contributed by atoms with van der Waals surface area (Å²) in [7, 11) is 0. The van der Waals surface area contributed by atoms with Crippen LogP contribution >= 0.6 is 0 Å². The fraction of sp³-hybridized carbons (Fsp3) is 0.500. The lowest BCUT2D eigenvalue weighted by Gasteiger charge is -2.38. The number of fused-ring (bicyclic) bond motifs is 1. The quantitative estimate of drug-likeness (QED) is 0.697. The van der Waals surface area contributed by atoms with Gasteiger partial charge in [0.25, 0.3) is 0 Å². The second-order valence-corrected chi connectivity index (χ2v) is 11.2. The standard InChI is InChI=1S/C30H34N2O4/c33-26-18-24(22-8-4-5-9-23(22)26)28(35)32-14-10-29(11-15-32)19-25(29)27(34)31-20-30(12-16-36-17-13-30)21-6-2-1-3-7-21/h1-9,24-25H,10-20H2,(H,31,34). The molecule has 2 saturated heterocycles. The van der Waals surface area contributed by atoms with Crippen molar-refractivity contribution in [1.29, 1.82) is 0 Å². The van der Waals surface area contributed by atoms with Gasteiger partial charge < -0.3 is 15.0 Å². The van der Waals surface area contributed by atoms with E-state index in [9.17, 15) is 14.4 Å². The molecule has 6 heteroatoms. The molecule has 2 unspecified atom stereocenters. The largest absolute Gasteiger partial charge is 0.381 e. The van der Waals surface area contributed by atoms with Crippen molar-refractivity contribution in [2.45, 2.75) is 49.9 Å².